The van der Waals surface area contributed by atoms with Crippen LogP contribution in [0, 0.1) is 24.0 Å². The summed E-state index contributed by atoms with van der Waals surface area (Å²) >= 11 is 1.06. The maximum absolute atomic E-state index is 11.4. The molecule has 0 atom stereocenters. The Hall–Kier alpha value is -3.27. The Kier molecular flexibility index (Phi) is 4.43. The van der Waals surface area contributed by atoms with Crippen LogP contribution >= 0.6 is 11.3 Å². The van der Waals surface area contributed by atoms with Crippen molar-refractivity contribution in [1.82, 2.24) is 9.97 Å². The van der Waals surface area contributed by atoms with Gasteiger partial charge in [0.15, 0.2) is 0 Å². The number of carboxylic acid groups (broad SMARTS) is 1. The van der Waals surface area contributed by atoms with E-state index in [-0.39, 0.29) is 10.6 Å². The van der Waals surface area contributed by atoms with Crippen molar-refractivity contribution in [3.05, 3.63) is 44.6 Å². The molecule has 2 aromatic heterocycles. The lowest BCUT2D eigenvalue weighted by Gasteiger charge is -2.12. The summed E-state index contributed by atoms with van der Waals surface area (Å²) in [5.74, 6) is 0.170. The standard InChI is InChI=1S/C16H14N4O5S/c1-7-12-14(17-8(2)18-15(12)26-13(7)16(21)22)19-10-6-9(20(23)24)4-5-11(10)25-3/h4-6H,1-3H3,(H,21,22)(H,17,18,19). The zero-order valence-corrected chi connectivity index (χ0v) is 14.9. The number of nitrogens with zero attached hydrogens (tertiary/aromatic N) is 3. The summed E-state index contributed by atoms with van der Waals surface area (Å²) < 4.78 is 5.25. The van der Waals surface area contributed by atoms with E-state index in [4.69, 9.17) is 4.74 Å². The summed E-state index contributed by atoms with van der Waals surface area (Å²) in [6.45, 7) is 3.36. The molecular formula is C16H14N4O5S. The number of carbonyl (C=O) groups is 1. The molecule has 3 rings (SSSR count). The minimum absolute atomic E-state index is 0.108. The highest BCUT2D eigenvalue weighted by Gasteiger charge is 2.21. The number of methoxy groups -OCH3 is 1. The number of hydrogen-bond acceptors (Lipinski definition) is 8. The van der Waals surface area contributed by atoms with E-state index in [1.807, 2.05) is 0 Å². The van der Waals surface area contributed by atoms with Crippen molar-refractivity contribution >= 4 is 44.7 Å². The van der Waals surface area contributed by atoms with E-state index in [1.54, 1.807) is 13.8 Å². The number of hydrogen-bond donors (Lipinski definition) is 2. The molecule has 0 unspecified atom stereocenters. The normalized spacial score (nSPS) is 10.7. The lowest BCUT2D eigenvalue weighted by molar-refractivity contribution is -0.384. The van der Waals surface area contributed by atoms with Crippen molar-refractivity contribution in [2.75, 3.05) is 12.4 Å². The zero-order valence-electron chi connectivity index (χ0n) is 14.1. The second-order valence-electron chi connectivity index (χ2n) is 5.43. The zero-order chi connectivity index (χ0) is 19.0. The fourth-order valence-corrected chi connectivity index (χ4v) is 3.64. The van der Waals surface area contributed by atoms with E-state index in [9.17, 15) is 20.0 Å². The van der Waals surface area contributed by atoms with Gasteiger partial charge in [-0.1, -0.05) is 0 Å². The van der Waals surface area contributed by atoms with E-state index in [1.165, 1.54) is 25.3 Å². The van der Waals surface area contributed by atoms with Gasteiger partial charge in [0.1, 0.15) is 27.1 Å². The smallest absolute Gasteiger partial charge is 0.346 e. The van der Waals surface area contributed by atoms with Gasteiger partial charge in [0.05, 0.1) is 23.1 Å². The largest absolute Gasteiger partial charge is 0.495 e. The average molecular weight is 374 g/mol. The van der Waals surface area contributed by atoms with Gasteiger partial charge < -0.3 is 15.2 Å². The van der Waals surface area contributed by atoms with E-state index in [0.717, 1.165) is 11.3 Å². The molecule has 0 amide bonds. The molecule has 0 saturated heterocycles. The summed E-state index contributed by atoms with van der Waals surface area (Å²) in [5.41, 5.74) is 0.775. The molecule has 0 saturated carbocycles. The summed E-state index contributed by atoms with van der Waals surface area (Å²) in [4.78, 5) is 31.3. The third kappa shape index (κ3) is 3.02. The summed E-state index contributed by atoms with van der Waals surface area (Å²) in [7, 11) is 1.45. The topological polar surface area (TPSA) is 127 Å². The number of anilines is 2. The summed E-state index contributed by atoms with van der Waals surface area (Å²) in [6.07, 6.45) is 0. The van der Waals surface area contributed by atoms with E-state index in [0.29, 0.717) is 38.9 Å². The second kappa shape index (κ2) is 6.56. The molecule has 134 valence electrons. The molecule has 26 heavy (non-hydrogen) atoms. The maximum Gasteiger partial charge on any atom is 0.346 e. The molecule has 0 aliphatic rings. The quantitative estimate of drug-likeness (QED) is 0.511. The van der Waals surface area contributed by atoms with Crippen LogP contribution in [0.3, 0.4) is 0 Å². The number of nitro benzene ring substituents is 1. The van der Waals surface area contributed by atoms with Crippen LogP contribution in [0.15, 0.2) is 18.2 Å². The number of nitro groups is 1. The minimum Gasteiger partial charge on any atom is -0.495 e. The molecule has 2 heterocycles. The first-order valence-corrected chi connectivity index (χ1v) is 8.24. The number of benzene rings is 1. The van der Waals surface area contributed by atoms with Crippen molar-refractivity contribution in [2.24, 2.45) is 0 Å². The molecule has 1 aromatic carbocycles. The molecule has 0 fully saturated rings. The predicted octanol–water partition coefficient (Wildman–Crippen LogP) is 3.67. The van der Waals surface area contributed by atoms with Crippen LogP contribution in [-0.4, -0.2) is 33.1 Å². The molecule has 0 aliphatic carbocycles. The molecule has 9 nitrogen and oxygen atoms in total. The Morgan fingerprint density at radius 1 is 1.35 bits per heavy atom. The van der Waals surface area contributed by atoms with Gasteiger partial charge in [0, 0.05) is 12.1 Å². The SMILES string of the molecule is COc1ccc([N+](=O)[O-])cc1Nc1nc(C)nc2sc(C(=O)O)c(C)c12. The Bertz CT molecular complexity index is 1050. The molecule has 3 aromatic rings. The number of rotatable bonds is 5. The van der Waals surface area contributed by atoms with E-state index >= 15 is 0 Å². The molecule has 0 aliphatic heterocycles. The van der Waals surface area contributed by atoms with Gasteiger partial charge in [0.25, 0.3) is 5.69 Å². The number of ether oxygens (including phenoxy) is 1. The molecule has 2 N–H and O–H groups in total. The van der Waals surface area contributed by atoms with Gasteiger partial charge in [-0.2, -0.15) is 0 Å². The van der Waals surface area contributed by atoms with Crippen LogP contribution < -0.4 is 10.1 Å². The van der Waals surface area contributed by atoms with Crippen molar-refractivity contribution in [3.8, 4) is 5.75 Å². The van der Waals surface area contributed by atoms with Gasteiger partial charge in [-0.05, 0) is 25.5 Å². The molecular weight excluding hydrogens is 360 g/mol. The number of aromatic nitrogens is 2. The highest BCUT2D eigenvalue weighted by Crippen LogP contribution is 2.37. The Morgan fingerprint density at radius 3 is 2.69 bits per heavy atom. The van der Waals surface area contributed by atoms with Crippen molar-refractivity contribution in [2.45, 2.75) is 13.8 Å². The monoisotopic (exact) mass is 374 g/mol. The fourth-order valence-electron chi connectivity index (χ4n) is 2.57. The fraction of sp³-hybridized carbons (Fsp3) is 0.188. The minimum atomic E-state index is -1.04. The lowest BCUT2D eigenvalue weighted by atomic mass is 10.2. The van der Waals surface area contributed by atoms with Crippen LogP contribution in [0.2, 0.25) is 0 Å². The Balaban J connectivity index is 2.19. The van der Waals surface area contributed by atoms with Gasteiger partial charge in [0.2, 0.25) is 0 Å². The highest BCUT2D eigenvalue weighted by molar-refractivity contribution is 7.20. The van der Waals surface area contributed by atoms with Gasteiger partial charge in [-0.15, -0.1) is 11.3 Å². The van der Waals surface area contributed by atoms with E-state index < -0.39 is 10.9 Å². The van der Waals surface area contributed by atoms with E-state index in [2.05, 4.69) is 15.3 Å². The first kappa shape index (κ1) is 17.5. The predicted molar refractivity (Wildman–Crippen MR) is 96.8 cm³/mol. The number of thiophene rings is 1. The third-order valence-corrected chi connectivity index (χ3v) is 4.92. The van der Waals surface area contributed by atoms with Crippen LogP contribution in [0.1, 0.15) is 21.1 Å². The highest BCUT2D eigenvalue weighted by atomic mass is 32.1. The number of aromatic carboxylic acids is 1. The summed E-state index contributed by atoms with van der Waals surface area (Å²) in [5, 5.41) is 24.0. The number of nitrogens with one attached hydrogen (secondary N) is 1. The molecule has 0 bridgehead atoms. The van der Waals surface area contributed by atoms with Gasteiger partial charge >= 0.3 is 5.97 Å². The first-order valence-electron chi connectivity index (χ1n) is 7.42. The second-order valence-corrected chi connectivity index (χ2v) is 6.43. The molecule has 10 heteroatoms. The lowest BCUT2D eigenvalue weighted by Crippen LogP contribution is -2.01. The van der Waals surface area contributed by atoms with Gasteiger partial charge in [-0.3, -0.25) is 10.1 Å². The van der Waals surface area contributed by atoms with Crippen molar-refractivity contribution in [1.29, 1.82) is 0 Å². The number of aryl methyl sites for hydroxylation is 2. The van der Waals surface area contributed by atoms with Crippen LogP contribution in [0.25, 0.3) is 10.2 Å². The molecule has 0 radical (unpaired) electrons. The number of carboxylic acids is 1. The van der Waals surface area contributed by atoms with Crippen LogP contribution in [0.4, 0.5) is 17.2 Å². The van der Waals surface area contributed by atoms with Crippen molar-refractivity contribution in [3.63, 3.8) is 0 Å². The Morgan fingerprint density at radius 2 is 2.08 bits per heavy atom. The van der Waals surface area contributed by atoms with Crippen molar-refractivity contribution < 1.29 is 19.6 Å². The van der Waals surface area contributed by atoms with Crippen LogP contribution in [0.5, 0.6) is 5.75 Å². The third-order valence-electron chi connectivity index (χ3n) is 3.74. The molecule has 0 spiro atoms. The Labute approximate surface area is 151 Å². The van der Waals surface area contributed by atoms with Crippen LogP contribution in [-0.2, 0) is 0 Å². The number of fused-ring (bicyclic) bond motifs is 1. The maximum atomic E-state index is 11.4. The average Bonchev–Trinajstić information content (AvgIpc) is 2.91. The first-order chi connectivity index (χ1) is 12.3. The van der Waals surface area contributed by atoms with Gasteiger partial charge in [-0.25, -0.2) is 14.8 Å². The number of non-ortho nitro benzene ring substituents is 1. The summed E-state index contributed by atoms with van der Waals surface area (Å²) in [6, 6.07) is 4.15.